The van der Waals surface area contributed by atoms with Crippen LogP contribution >= 0.6 is 11.6 Å². The molecule has 212 valence electrons. The van der Waals surface area contributed by atoms with E-state index in [9.17, 15) is 14.3 Å². The number of hydrogen-bond donors (Lipinski definition) is 2. The Morgan fingerprint density at radius 2 is 2.08 bits per heavy atom. The number of rotatable bonds is 8. The molecular weight excluding hydrogens is 535 g/mol. The number of hydrogen-bond acceptors (Lipinski definition) is 7. The van der Waals surface area contributed by atoms with Crippen molar-refractivity contribution in [2.45, 2.75) is 37.1 Å². The van der Waals surface area contributed by atoms with Gasteiger partial charge in [0, 0.05) is 44.8 Å². The maximum Gasteiger partial charge on any atom is 0.255 e. The lowest BCUT2D eigenvalue weighted by Crippen LogP contribution is -2.47. The molecule has 1 aliphatic heterocycles. The van der Waals surface area contributed by atoms with Crippen molar-refractivity contribution in [3.8, 4) is 0 Å². The number of anilines is 2. The van der Waals surface area contributed by atoms with Crippen molar-refractivity contribution >= 4 is 40.2 Å². The first kappa shape index (κ1) is 28.2. The summed E-state index contributed by atoms with van der Waals surface area (Å²) >= 11 is 6.57. The number of aliphatic hydroxyl groups is 1. The second-order valence-corrected chi connectivity index (χ2v) is 11.0. The van der Waals surface area contributed by atoms with Gasteiger partial charge in [-0.05, 0) is 63.2 Å². The van der Waals surface area contributed by atoms with Crippen molar-refractivity contribution in [1.29, 1.82) is 0 Å². The largest absolute Gasteiger partial charge is 0.390 e. The number of alkyl halides is 1. The van der Waals surface area contributed by atoms with Crippen molar-refractivity contribution in [3.63, 3.8) is 0 Å². The normalized spacial score (nSPS) is 20.7. The molecule has 2 N–H and O–H groups in total. The van der Waals surface area contributed by atoms with Crippen LogP contribution in [0.1, 0.15) is 35.3 Å². The van der Waals surface area contributed by atoms with Gasteiger partial charge in [0.15, 0.2) is 11.5 Å². The van der Waals surface area contributed by atoms with Gasteiger partial charge in [-0.15, -0.1) is 0 Å². The smallest absolute Gasteiger partial charge is 0.255 e. The van der Waals surface area contributed by atoms with Crippen LogP contribution < -0.4 is 5.32 Å². The quantitative estimate of drug-likeness (QED) is 0.417. The van der Waals surface area contributed by atoms with E-state index in [1.807, 2.05) is 24.6 Å². The number of aromatic nitrogens is 3. The van der Waals surface area contributed by atoms with E-state index < -0.39 is 17.9 Å². The van der Waals surface area contributed by atoms with Crippen LogP contribution in [0.5, 0.6) is 0 Å². The molecule has 11 heteroatoms. The first-order valence-corrected chi connectivity index (χ1v) is 13.7. The summed E-state index contributed by atoms with van der Waals surface area (Å²) in [6.07, 6.45) is 10.0. The number of amides is 1. The summed E-state index contributed by atoms with van der Waals surface area (Å²) in [5.74, 6) is 0.337. The second-order valence-electron chi connectivity index (χ2n) is 10.6. The van der Waals surface area contributed by atoms with Crippen LogP contribution in [0.4, 0.5) is 15.9 Å². The van der Waals surface area contributed by atoms with Crippen LogP contribution in [-0.4, -0.2) is 93.9 Å². The number of nitrogens with zero attached hydrogens (tertiary/aromatic N) is 5. The average molecular weight is 569 g/mol. The Labute approximate surface area is 237 Å². The molecule has 1 amide bonds. The topological polar surface area (TPSA) is 95.2 Å². The van der Waals surface area contributed by atoms with Gasteiger partial charge in [-0.2, -0.15) is 0 Å². The fourth-order valence-corrected chi connectivity index (χ4v) is 5.37. The lowest BCUT2D eigenvalue weighted by Gasteiger charge is -2.39. The number of carbonyl (C=O) groups is 1. The molecule has 0 radical (unpaired) electrons. The summed E-state index contributed by atoms with van der Waals surface area (Å²) in [4.78, 5) is 26.0. The Bertz CT molecular complexity index is 1450. The Hall–Kier alpha value is -3.31. The molecule has 40 heavy (non-hydrogen) atoms. The van der Waals surface area contributed by atoms with E-state index in [1.165, 1.54) is 13.2 Å². The monoisotopic (exact) mass is 568 g/mol. The highest BCUT2D eigenvalue weighted by molar-refractivity contribution is 6.34. The van der Waals surface area contributed by atoms with Crippen molar-refractivity contribution in [1.82, 2.24) is 24.2 Å². The minimum Gasteiger partial charge on any atom is -0.390 e. The molecule has 0 spiro atoms. The summed E-state index contributed by atoms with van der Waals surface area (Å²) in [6, 6.07) is 5.16. The van der Waals surface area contributed by atoms with Crippen LogP contribution in [0, 0.1) is 0 Å². The third kappa shape index (κ3) is 5.90. The van der Waals surface area contributed by atoms with Crippen LogP contribution in [0.3, 0.4) is 0 Å². The second kappa shape index (κ2) is 11.7. The fraction of sp³-hybridized carbons (Fsp3) is 0.414. The highest BCUT2D eigenvalue weighted by atomic mass is 35.5. The summed E-state index contributed by atoms with van der Waals surface area (Å²) in [6.45, 7) is 1.76. The summed E-state index contributed by atoms with van der Waals surface area (Å²) in [5, 5.41) is 14.4. The zero-order valence-corrected chi connectivity index (χ0v) is 23.6. The maximum absolute atomic E-state index is 14.4. The number of halogens is 2. The van der Waals surface area contributed by atoms with Gasteiger partial charge in [-0.3, -0.25) is 9.20 Å². The molecule has 3 aromatic rings. The summed E-state index contributed by atoms with van der Waals surface area (Å²) in [5.41, 5.74) is 2.29. The maximum atomic E-state index is 14.4. The van der Waals surface area contributed by atoms with Gasteiger partial charge >= 0.3 is 0 Å². The lowest BCUT2D eigenvalue weighted by molar-refractivity contribution is -0.0265. The standard InChI is InChI=1S/C29H34ClFN6O3/c1-35(2)12-8-29(39)9-13-36(14-10-29)28(38)21-6-5-20(17-22(21)30)34-26-27-33-18-24(37(27)15-11-32-26)19-4-7-25(40-3)23(31)16-19/h4-7,11,15-18,23,25,39H,8-10,12-14H2,1-3H3,(H,32,34). The molecule has 0 saturated carbocycles. The SMILES string of the molecule is COC1C=CC(c2cnc3c(Nc4ccc(C(=O)N5CCC(O)(CCN(C)C)CC5)c(Cl)c4)nccn23)=CC1F. The van der Waals surface area contributed by atoms with E-state index in [0.29, 0.717) is 65.7 Å². The molecule has 1 saturated heterocycles. The fourth-order valence-electron chi connectivity index (χ4n) is 5.11. The van der Waals surface area contributed by atoms with Crippen molar-refractivity contribution in [2.75, 3.05) is 46.2 Å². The Balaban J connectivity index is 1.29. The van der Waals surface area contributed by atoms with Crippen LogP contribution in [0.25, 0.3) is 11.2 Å². The number of carbonyl (C=O) groups excluding carboxylic acids is 1. The minimum atomic E-state index is -1.25. The molecule has 1 fully saturated rings. The van der Waals surface area contributed by atoms with Gasteiger partial charge < -0.3 is 25.0 Å². The van der Waals surface area contributed by atoms with Crippen molar-refractivity contribution < 1.29 is 19.0 Å². The minimum absolute atomic E-state index is 0.153. The molecule has 3 heterocycles. The first-order valence-electron chi connectivity index (χ1n) is 13.3. The van der Waals surface area contributed by atoms with Gasteiger partial charge in [0.05, 0.1) is 28.1 Å². The number of ether oxygens (including phenoxy) is 1. The van der Waals surface area contributed by atoms with Crippen LogP contribution in [0.2, 0.25) is 5.02 Å². The van der Waals surface area contributed by atoms with Crippen LogP contribution in [-0.2, 0) is 4.74 Å². The van der Waals surface area contributed by atoms with E-state index in [1.54, 1.807) is 47.8 Å². The van der Waals surface area contributed by atoms with Gasteiger partial charge in [0.25, 0.3) is 5.91 Å². The van der Waals surface area contributed by atoms with E-state index in [0.717, 1.165) is 12.2 Å². The number of imidazole rings is 1. The molecule has 1 aliphatic carbocycles. The van der Waals surface area contributed by atoms with Gasteiger partial charge in [-0.1, -0.05) is 23.8 Å². The van der Waals surface area contributed by atoms with Gasteiger partial charge in [-0.25, -0.2) is 14.4 Å². The molecular formula is C29H34ClFN6O3. The molecule has 2 aliphatic rings. The third-order valence-corrected chi connectivity index (χ3v) is 7.89. The number of methoxy groups -OCH3 is 1. The zero-order chi connectivity index (χ0) is 28.4. The Morgan fingerprint density at radius 3 is 2.75 bits per heavy atom. The van der Waals surface area contributed by atoms with Crippen molar-refractivity contribution in [3.05, 3.63) is 71.3 Å². The predicted molar refractivity (Wildman–Crippen MR) is 154 cm³/mol. The first-order chi connectivity index (χ1) is 19.2. The Kier molecular flexibility index (Phi) is 8.23. The molecule has 0 bridgehead atoms. The predicted octanol–water partition coefficient (Wildman–Crippen LogP) is 4.35. The van der Waals surface area contributed by atoms with Crippen molar-refractivity contribution in [2.24, 2.45) is 0 Å². The molecule has 2 atom stereocenters. The van der Waals surface area contributed by atoms with E-state index >= 15 is 0 Å². The number of likely N-dealkylation sites (tertiary alicyclic amines) is 1. The molecule has 1 aromatic carbocycles. The third-order valence-electron chi connectivity index (χ3n) is 7.58. The molecule has 2 aromatic heterocycles. The van der Waals surface area contributed by atoms with Gasteiger partial charge in [0.2, 0.25) is 0 Å². The molecule has 2 unspecified atom stereocenters. The number of piperidine rings is 1. The number of allylic oxidation sites excluding steroid dienone is 2. The van der Waals surface area contributed by atoms with E-state index in [4.69, 9.17) is 16.3 Å². The van der Waals surface area contributed by atoms with Gasteiger partial charge in [0.1, 0.15) is 12.3 Å². The summed E-state index contributed by atoms with van der Waals surface area (Å²) < 4.78 is 21.4. The highest BCUT2D eigenvalue weighted by Gasteiger charge is 2.34. The molecule has 9 nitrogen and oxygen atoms in total. The lowest BCUT2D eigenvalue weighted by atomic mass is 9.88. The Morgan fingerprint density at radius 1 is 1.30 bits per heavy atom. The number of fused-ring (bicyclic) bond motifs is 1. The average Bonchev–Trinajstić information content (AvgIpc) is 3.37. The zero-order valence-electron chi connectivity index (χ0n) is 22.8. The van der Waals surface area contributed by atoms with E-state index in [-0.39, 0.29) is 5.91 Å². The van der Waals surface area contributed by atoms with E-state index in [2.05, 4.69) is 20.2 Å². The highest BCUT2D eigenvalue weighted by Crippen LogP contribution is 2.31. The number of benzene rings is 1. The molecule has 5 rings (SSSR count). The number of nitrogens with one attached hydrogen (secondary N) is 1. The van der Waals surface area contributed by atoms with Crippen LogP contribution in [0.15, 0.2) is 55.0 Å². The summed E-state index contributed by atoms with van der Waals surface area (Å²) in [7, 11) is 5.45.